The number of likely N-dealkylation sites (N-methyl/N-ethyl adjacent to an activating group) is 1. The van der Waals surface area contributed by atoms with Crippen LogP contribution in [-0.2, 0) is 0 Å². The molecule has 3 heteroatoms. The van der Waals surface area contributed by atoms with Gasteiger partial charge in [0.05, 0.1) is 0 Å². The molecule has 0 aliphatic carbocycles. The van der Waals surface area contributed by atoms with Gasteiger partial charge in [-0.25, -0.2) is 0 Å². The van der Waals surface area contributed by atoms with Crippen molar-refractivity contribution in [3.05, 3.63) is 0 Å². The van der Waals surface area contributed by atoms with Gasteiger partial charge >= 0.3 is 0 Å². The second-order valence-corrected chi connectivity index (χ2v) is 5.50. The maximum atomic E-state index is 3.48. The highest BCUT2D eigenvalue weighted by Gasteiger charge is 2.28. The van der Waals surface area contributed by atoms with Gasteiger partial charge in [-0.1, -0.05) is 6.92 Å². The van der Waals surface area contributed by atoms with Crippen LogP contribution in [0.25, 0.3) is 0 Å². The van der Waals surface area contributed by atoms with Gasteiger partial charge in [0.15, 0.2) is 0 Å². The highest BCUT2D eigenvalue weighted by Crippen LogP contribution is 2.24. The monoisotopic (exact) mass is 214 g/mol. The summed E-state index contributed by atoms with van der Waals surface area (Å²) in [5.74, 6) is 2.75. The van der Waals surface area contributed by atoms with E-state index >= 15 is 0 Å². The lowest BCUT2D eigenvalue weighted by Crippen LogP contribution is -2.46. The molecule has 0 saturated carbocycles. The summed E-state index contributed by atoms with van der Waals surface area (Å²) in [6, 6.07) is 1.69. The van der Waals surface area contributed by atoms with E-state index in [9.17, 15) is 0 Å². The number of rotatable bonds is 3. The first-order valence-corrected chi connectivity index (χ1v) is 7.11. The fourth-order valence-corrected chi connectivity index (χ4v) is 3.89. The minimum absolute atomic E-state index is 0.823. The molecule has 0 radical (unpaired) electrons. The zero-order chi connectivity index (χ0) is 9.80. The van der Waals surface area contributed by atoms with Crippen LogP contribution in [0, 0.1) is 0 Å². The topological polar surface area (TPSA) is 15.3 Å². The van der Waals surface area contributed by atoms with Crippen LogP contribution >= 0.6 is 11.8 Å². The Bertz CT molecular complexity index is 163. The molecule has 82 valence electrons. The third-order valence-corrected chi connectivity index (χ3v) is 4.67. The molecule has 0 amide bonds. The summed E-state index contributed by atoms with van der Waals surface area (Å²) in [7, 11) is 0. The third-order valence-electron chi connectivity index (χ3n) is 3.47. The number of hydrogen-bond donors (Lipinski definition) is 1. The van der Waals surface area contributed by atoms with Crippen molar-refractivity contribution in [3.8, 4) is 0 Å². The summed E-state index contributed by atoms with van der Waals surface area (Å²) in [5.41, 5.74) is 0. The van der Waals surface area contributed by atoms with E-state index in [1.807, 2.05) is 0 Å². The molecule has 0 bridgehead atoms. The molecule has 2 rings (SSSR count). The quantitative estimate of drug-likeness (QED) is 0.768. The molecule has 0 spiro atoms. The molecule has 0 aromatic carbocycles. The fourth-order valence-electron chi connectivity index (χ4n) is 2.72. The van der Waals surface area contributed by atoms with Crippen LogP contribution in [0.5, 0.6) is 0 Å². The van der Waals surface area contributed by atoms with Crippen LogP contribution in [0.3, 0.4) is 0 Å². The molecule has 14 heavy (non-hydrogen) atoms. The number of nitrogens with zero attached hydrogens (tertiary/aromatic N) is 1. The molecule has 2 saturated heterocycles. The van der Waals surface area contributed by atoms with Gasteiger partial charge in [-0.15, -0.1) is 0 Å². The minimum atomic E-state index is 0.823. The van der Waals surface area contributed by atoms with Gasteiger partial charge in [-0.3, -0.25) is 4.90 Å². The summed E-state index contributed by atoms with van der Waals surface area (Å²) < 4.78 is 0. The van der Waals surface area contributed by atoms with Gasteiger partial charge in [0.1, 0.15) is 0 Å². The summed E-state index contributed by atoms with van der Waals surface area (Å²) in [5, 5.41) is 3.48. The van der Waals surface area contributed by atoms with Crippen molar-refractivity contribution in [2.24, 2.45) is 0 Å². The minimum Gasteiger partial charge on any atom is -0.315 e. The smallest absolute Gasteiger partial charge is 0.0235 e. The highest BCUT2D eigenvalue weighted by atomic mass is 32.2. The number of nitrogens with one attached hydrogen (secondary N) is 1. The Labute approximate surface area is 91.8 Å². The number of hydrogen-bond acceptors (Lipinski definition) is 3. The SMILES string of the molecule is CCN(C1CCNC1)C1CCCSC1. The van der Waals surface area contributed by atoms with E-state index in [1.54, 1.807) is 0 Å². The van der Waals surface area contributed by atoms with Crippen LogP contribution in [0.15, 0.2) is 0 Å². The molecule has 2 nitrogen and oxygen atoms in total. The molecule has 1 N–H and O–H groups in total. The molecule has 2 aliphatic rings. The summed E-state index contributed by atoms with van der Waals surface area (Å²) in [6.45, 7) is 5.99. The first kappa shape index (κ1) is 10.8. The average Bonchev–Trinajstić information content (AvgIpc) is 2.74. The van der Waals surface area contributed by atoms with Gasteiger partial charge in [-0.05, 0) is 38.1 Å². The Balaban J connectivity index is 1.89. The van der Waals surface area contributed by atoms with Gasteiger partial charge in [0.25, 0.3) is 0 Å². The Kier molecular flexibility index (Phi) is 4.14. The Morgan fingerprint density at radius 3 is 2.86 bits per heavy atom. The zero-order valence-electron chi connectivity index (χ0n) is 9.17. The van der Waals surface area contributed by atoms with Crippen molar-refractivity contribution in [1.29, 1.82) is 0 Å². The lowest BCUT2D eigenvalue weighted by Gasteiger charge is -2.37. The number of thioether (sulfide) groups is 1. The van der Waals surface area contributed by atoms with Crippen LogP contribution in [0.2, 0.25) is 0 Å². The van der Waals surface area contributed by atoms with Crippen LogP contribution in [-0.4, -0.2) is 48.1 Å². The molecule has 0 aromatic rings. The highest BCUT2D eigenvalue weighted by molar-refractivity contribution is 7.99. The third kappa shape index (κ3) is 2.44. The van der Waals surface area contributed by atoms with E-state index in [0.29, 0.717) is 0 Å². The van der Waals surface area contributed by atoms with Crippen molar-refractivity contribution < 1.29 is 0 Å². The van der Waals surface area contributed by atoms with E-state index in [2.05, 4.69) is 28.9 Å². The van der Waals surface area contributed by atoms with Crippen molar-refractivity contribution in [3.63, 3.8) is 0 Å². The van der Waals surface area contributed by atoms with Crippen molar-refractivity contribution in [2.75, 3.05) is 31.1 Å². The van der Waals surface area contributed by atoms with Gasteiger partial charge < -0.3 is 5.32 Å². The average molecular weight is 214 g/mol. The molecule has 2 fully saturated rings. The predicted octanol–water partition coefficient (Wildman–Crippen LogP) is 1.57. The van der Waals surface area contributed by atoms with E-state index < -0.39 is 0 Å². The van der Waals surface area contributed by atoms with Crippen molar-refractivity contribution >= 4 is 11.8 Å². The lowest BCUT2D eigenvalue weighted by atomic mass is 10.1. The second-order valence-electron chi connectivity index (χ2n) is 4.35. The summed E-state index contributed by atoms with van der Waals surface area (Å²) in [6.07, 6.45) is 4.21. The Hall–Kier alpha value is 0.270. The van der Waals surface area contributed by atoms with Gasteiger partial charge in [-0.2, -0.15) is 11.8 Å². The lowest BCUT2D eigenvalue weighted by molar-refractivity contribution is 0.155. The Morgan fingerprint density at radius 1 is 1.36 bits per heavy atom. The predicted molar refractivity (Wildman–Crippen MR) is 64.0 cm³/mol. The first-order valence-electron chi connectivity index (χ1n) is 5.96. The zero-order valence-corrected chi connectivity index (χ0v) is 9.98. The van der Waals surface area contributed by atoms with E-state index in [-0.39, 0.29) is 0 Å². The van der Waals surface area contributed by atoms with E-state index in [1.165, 1.54) is 50.4 Å². The standard InChI is InChI=1S/C11H22N2S/c1-2-13(10-5-6-12-8-10)11-4-3-7-14-9-11/h10-12H,2-9H2,1H3. The van der Waals surface area contributed by atoms with Crippen molar-refractivity contribution in [2.45, 2.75) is 38.3 Å². The van der Waals surface area contributed by atoms with E-state index in [4.69, 9.17) is 0 Å². The van der Waals surface area contributed by atoms with Crippen LogP contribution in [0.4, 0.5) is 0 Å². The maximum absolute atomic E-state index is 3.48. The van der Waals surface area contributed by atoms with Crippen LogP contribution in [0.1, 0.15) is 26.2 Å². The normalized spacial score (nSPS) is 33.9. The molecular formula is C11H22N2S. The first-order chi connectivity index (χ1) is 6.92. The molecule has 2 heterocycles. The van der Waals surface area contributed by atoms with Gasteiger partial charge in [0, 0.05) is 24.4 Å². The van der Waals surface area contributed by atoms with E-state index in [0.717, 1.165) is 12.1 Å². The van der Waals surface area contributed by atoms with Crippen molar-refractivity contribution in [1.82, 2.24) is 10.2 Å². The molecular weight excluding hydrogens is 192 g/mol. The molecule has 2 unspecified atom stereocenters. The maximum Gasteiger partial charge on any atom is 0.0235 e. The largest absolute Gasteiger partial charge is 0.315 e. The molecule has 0 aromatic heterocycles. The summed E-state index contributed by atoms with van der Waals surface area (Å²) in [4.78, 5) is 2.74. The fraction of sp³-hybridized carbons (Fsp3) is 1.00. The second kappa shape index (κ2) is 5.38. The Morgan fingerprint density at radius 2 is 2.29 bits per heavy atom. The summed E-state index contributed by atoms with van der Waals surface area (Å²) >= 11 is 2.14. The molecule has 2 aliphatic heterocycles. The molecule has 2 atom stereocenters. The van der Waals surface area contributed by atoms with Gasteiger partial charge in [0.2, 0.25) is 0 Å². The van der Waals surface area contributed by atoms with Crippen LogP contribution < -0.4 is 5.32 Å².